The summed E-state index contributed by atoms with van der Waals surface area (Å²) in [5.41, 5.74) is 3.22. The topological polar surface area (TPSA) is 60.6 Å². The van der Waals surface area contributed by atoms with E-state index in [1.54, 1.807) is 36.2 Å². The summed E-state index contributed by atoms with van der Waals surface area (Å²) >= 11 is 0. The largest absolute Gasteiger partial charge is 0.385 e. The van der Waals surface area contributed by atoms with Crippen LogP contribution in [0, 0.1) is 5.82 Å². The maximum Gasteiger partial charge on any atom is 0.271 e. The number of rotatable bonds is 7. The van der Waals surface area contributed by atoms with Crippen LogP contribution in [-0.2, 0) is 4.74 Å². The third kappa shape index (κ3) is 4.05. The van der Waals surface area contributed by atoms with E-state index >= 15 is 0 Å². The molecule has 1 N–H and O–H groups in total. The normalized spacial score (nSPS) is 11.1. The van der Waals surface area contributed by atoms with E-state index in [4.69, 9.17) is 4.74 Å². The molecule has 4 aromatic rings. The average Bonchev–Trinajstić information content (AvgIpc) is 3.38. The minimum absolute atomic E-state index is 0.215. The number of carbonyl (C=O) groups excluding carboxylic acids is 1. The third-order valence-corrected chi connectivity index (χ3v) is 4.67. The lowest BCUT2D eigenvalue weighted by atomic mass is 10.1. The maximum atomic E-state index is 13.2. The molecule has 3 aromatic heterocycles. The number of carbonyl (C=O) groups is 1. The Morgan fingerprint density at radius 3 is 2.62 bits per heavy atom. The molecule has 3 heterocycles. The summed E-state index contributed by atoms with van der Waals surface area (Å²) in [4.78, 5) is 12.3. The van der Waals surface area contributed by atoms with E-state index in [0.717, 1.165) is 28.9 Å². The first-order valence-corrected chi connectivity index (χ1v) is 9.36. The number of aromatic nitrogens is 3. The first kappa shape index (κ1) is 18.9. The number of halogens is 1. The summed E-state index contributed by atoms with van der Waals surface area (Å²) in [6.07, 6.45) is 4.49. The van der Waals surface area contributed by atoms with E-state index in [-0.39, 0.29) is 11.7 Å². The summed E-state index contributed by atoms with van der Waals surface area (Å²) in [6, 6.07) is 16.0. The zero-order valence-corrected chi connectivity index (χ0v) is 16.0. The van der Waals surface area contributed by atoms with E-state index in [1.165, 1.54) is 12.1 Å². The number of benzene rings is 1. The molecule has 0 spiro atoms. The Morgan fingerprint density at radius 1 is 1.07 bits per heavy atom. The number of nitrogens with one attached hydrogen (secondary N) is 1. The number of hydrogen-bond donors (Lipinski definition) is 1. The Morgan fingerprint density at radius 2 is 1.83 bits per heavy atom. The van der Waals surface area contributed by atoms with Gasteiger partial charge in [0.05, 0.1) is 0 Å². The van der Waals surface area contributed by atoms with Gasteiger partial charge in [-0.05, 0) is 53.9 Å². The highest BCUT2D eigenvalue weighted by molar-refractivity contribution is 5.92. The molecule has 0 aliphatic rings. The van der Waals surface area contributed by atoms with Crippen molar-refractivity contribution in [2.75, 3.05) is 20.3 Å². The molecule has 4 rings (SSSR count). The highest BCUT2D eigenvalue weighted by Crippen LogP contribution is 2.23. The molecule has 148 valence electrons. The first-order valence-electron chi connectivity index (χ1n) is 9.36. The molecular formula is C22H21FN4O2. The van der Waals surface area contributed by atoms with Gasteiger partial charge in [0.15, 0.2) is 5.69 Å². The van der Waals surface area contributed by atoms with Gasteiger partial charge in [0.2, 0.25) is 0 Å². The Hall–Kier alpha value is -3.45. The number of fused-ring (bicyclic) bond motifs is 1. The minimum Gasteiger partial charge on any atom is -0.385 e. The maximum absolute atomic E-state index is 13.2. The molecule has 0 aliphatic carbocycles. The van der Waals surface area contributed by atoms with Crippen molar-refractivity contribution in [1.82, 2.24) is 19.5 Å². The zero-order valence-electron chi connectivity index (χ0n) is 16.0. The molecule has 0 aliphatic heterocycles. The van der Waals surface area contributed by atoms with Gasteiger partial charge >= 0.3 is 0 Å². The van der Waals surface area contributed by atoms with Crippen molar-refractivity contribution in [1.29, 1.82) is 0 Å². The zero-order chi connectivity index (χ0) is 20.2. The standard InChI is InChI=1S/C22H21FN4O2/c1-29-14-2-12-24-22(28)20-11-13-27(25-20)21-10-9-19-8-5-17(15-26(19)21)16-3-6-18(23)7-4-16/h3-11,13,15H,2,12,14H2,1H3,(H,24,28). The van der Waals surface area contributed by atoms with Crippen molar-refractivity contribution >= 4 is 11.4 Å². The van der Waals surface area contributed by atoms with Gasteiger partial charge in [-0.3, -0.25) is 4.79 Å². The summed E-state index contributed by atoms with van der Waals surface area (Å²) in [5.74, 6) is 0.330. The summed E-state index contributed by atoms with van der Waals surface area (Å²) in [5, 5.41) is 7.25. The number of methoxy groups -OCH3 is 1. The molecule has 0 bridgehead atoms. The third-order valence-electron chi connectivity index (χ3n) is 4.67. The second-order valence-electron chi connectivity index (χ2n) is 6.66. The van der Waals surface area contributed by atoms with Crippen molar-refractivity contribution in [3.05, 3.63) is 78.5 Å². The van der Waals surface area contributed by atoms with Gasteiger partial charge in [-0.25, -0.2) is 9.07 Å². The van der Waals surface area contributed by atoms with Crippen LogP contribution in [0.15, 0.2) is 67.0 Å². The van der Waals surface area contributed by atoms with Crippen LogP contribution in [-0.4, -0.2) is 40.3 Å². The van der Waals surface area contributed by atoms with Crippen LogP contribution in [0.1, 0.15) is 16.9 Å². The predicted octanol–water partition coefficient (Wildman–Crippen LogP) is 3.70. The van der Waals surface area contributed by atoms with Crippen molar-refractivity contribution < 1.29 is 13.9 Å². The number of pyridine rings is 1. The molecule has 0 saturated heterocycles. The molecule has 6 nitrogen and oxygen atoms in total. The van der Waals surface area contributed by atoms with Gasteiger partial charge in [0.1, 0.15) is 11.6 Å². The van der Waals surface area contributed by atoms with Crippen LogP contribution in [0.25, 0.3) is 22.5 Å². The lowest BCUT2D eigenvalue weighted by molar-refractivity contribution is 0.0943. The van der Waals surface area contributed by atoms with Gasteiger partial charge in [0, 0.05) is 38.2 Å². The molecule has 1 amide bonds. The number of hydrogen-bond acceptors (Lipinski definition) is 3. The first-order chi connectivity index (χ1) is 14.2. The predicted molar refractivity (Wildman–Crippen MR) is 109 cm³/mol. The smallest absolute Gasteiger partial charge is 0.271 e. The molecule has 0 unspecified atom stereocenters. The summed E-state index contributed by atoms with van der Waals surface area (Å²) in [7, 11) is 1.63. The molecule has 29 heavy (non-hydrogen) atoms. The van der Waals surface area contributed by atoms with Crippen LogP contribution in [0.4, 0.5) is 4.39 Å². The molecule has 0 radical (unpaired) electrons. The van der Waals surface area contributed by atoms with Crippen LogP contribution in [0.2, 0.25) is 0 Å². The second-order valence-corrected chi connectivity index (χ2v) is 6.66. The van der Waals surface area contributed by atoms with E-state index in [9.17, 15) is 9.18 Å². The van der Waals surface area contributed by atoms with E-state index < -0.39 is 0 Å². The number of nitrogens with zero attached hydrogens (tertiary/aromatic N) is 3. The molecule has 1 aromatic carbocycles. The second kappa shape index (κ2) is 8.28. The van der Waals surface area contributed by atoms with E-state index in [0.29, 0.717) is 18.8 Å². The van der Waals surface area contributed by atoms with Crippen LogP contribution >= 0.6 is 0 Å². The van der Waals surface area contributed by atoms with Crippen molar-refractivity contribution in [2.24, 2.45) is 0 Å². The van der Waals surface area contributed by atoms with E-state index in [1.807, 2.05) is 34.9 Å². The van der Waals surface area contributed by atoms with Crippen LogP contribution in [0.3, 0.4) is 0 Å². The van der Waals surface area contributed by atoms with Gasteiger partial charge in [0.25, 0.3) is 5.91 Å². The van der Waals surface area contributed by atoms with Crippen molar-refractivity contribution in [3.63, 3.8) is 0 Å². The van der Waals surface area contributed by atoms with Gasteiger partial charge in [-0.15, -0.1) is 0 Å². The SMILES string of the molecule is COCCCNC(=O)c1ccn(-c2ccc3ccc(-c4ccc(F)cc4)cn23)n1. The van der Waals surface area contributed by atoms with Gasteiger partial charge in [-0.2, -0.15) is 5.10 Å². The number of ether oxygens (including phenoxy) is 1. The molecule has 0 atom stereocenters. The van der Waals surface area contributed by atoms with E-state index in [2.05, 4.69) is 10.4 Å². The van der Waals surface area contributed by atoms with Crippen LogP contribution < -0.4 is 5.32 Å². The Bertz CT molecular complexity index is 1130. The lowest BCUT2D eigenvalue weighted by Crippen LogP contribution is -2.25. The Kier molecular flexibility index (Phi) is 5.39. The molecule has 0 saturated carbocycles. The summed E-state index contributed by atoms with van der Waals surface area (Å²) in [6.45, 7) is 1.13. The van der Waals surface area contributed by atoms with Gasteiger partial charge in [-0.1, -0.05) is 18.2 Å². The van der Waals surface area contributed by atoms with Gasteiger partial charge < -0.3 is 14.5 Å². The fraction of sp³-hybridized carbons (Fsp3) is 0.182. The molecule has 7 heteroatoms. The Labute approximate surface area is 167 Å². The van der Waals surface area contributed by atoms with Crippen molar-refractivity contribution in [3.8, 4) is 16.9 Å². The highest BCUT2D eigenvalue weighted by Gasteiger charge is 2.12. The Balaban J connectivity index is 1.59. The number of amides is 1. The summed E-state index contributed by atoms with van der Waals surface area (Å²) < 4.78 is 21.9. The lowest BCUT2D eigenvalue weighted by Gasteiger charge is -2.07. The van der Waals surface area contributed by atoms with Crippen LogP contribution in [0.5, 0.6) is 0 Å². The monoisotopic (exact) mass is 392 g/mol. The average molecular weight is 392 g/mol. The fourth-order valence-corrected chi connectivity index (χ4v) is 3.17. The quantitative estimate of drug-likeness (QED) is 0.488. The fourth-order valence-electron chi connectivity index (χ4n) is 3.17. The molecule has 0 fully saturated rings. The van der Waals surface area contributed by atoms with Crippen molar-refractivity contribution in [2.45, 2.75) is 6.42 Å². The highest BCUT2D eigenvalue weighted by atomic mass is 19.1. The molecular weight excluding hydrogens is 371 g/mol. The minimum atomic E-state index is -0.263.